The first kappa shape index (κ1) is 14.9. The second-order valence-electron chi connectivity index (χ2n) is 5.61. The first-order chi connectivity index (χ1) is 11.1. The van der Waals surface area contributed by atoms with Crippen LogP contribution >= 0.6 is 0 Å². The number of nitrogens with two attached hydrogens (primary N) is 2. The molecule has 0 aliphatic rings. The van der Waals surface area contributed by atoms with Gasteiger partial charge in [-0.1, -0.05) is 30.3 Å². The van der Waals surface area contributed by atoms with Gasteiger partial charge in [0, 0.05) is 25.2 Å². The predicted molar refractivity (Wildman–Crippen MR) is 90.8 cm³/mol. The van der Waals surface area contributed by atoms with Gasteiger partial charge in [0.25, 0.3) is 5.84 Å². The van der Waals surface area contributed by atoms with Gasteiger partial charge in [-0.05, 0) is 40.1 Å². The molecule has 0 atom stereocenters. The Bertz CT molecular complexity index is 872. The molecule has 2 aromatic carbocycles. The van der Waals surface area contributed by atoms with Gasteiger partial charge in [-0.25, -0.2) is 0 Å². The molecule has 1 heterocycles. The zero-order valence-corrected chi connectivity index (χ0v) is 12.7. The maximum Gasteiger partial charge on any atom is 0.270 e. The number of amidine groups is 1. The molecule has 0 spiro atoms. The van der Waals surface area contributed by atoms with E-state index < -0.39 is 0 Å². The van der Waals surface area contributed by atoms with Crippen molar-refractivity contribution < 1.29 is 10.2 Å². The molecule has 4 heteroatoms. The van der Waals surface area contributed by atoms with Crippen molar-refractivity contribution in [3.8, 4) is 0 Å². The summed E-state index contributed by atoms with van der Waals surface area (Å²) in [6.07, 6.45) is 4.26. The third-order valence-electron chi connectivity index (χ3n) is 3.76. The second kappa shape index (κ2) is 6.40. The van der Waals surface area contributed by atoms with Crippen LogP contribution in [0.25, 0.3) is 10.8 Å². The zero-order chi connectivity index (χ0) is 16.2. The van der Waals surface area contributed by atoms with E-state index in [0.717, 1.165) is 27.5 Å². The number of nitrogens with zero attached hydrogens (tertiary/aromatic N) is 1. The number of benzene rings is 2. The molecule has 4 N–H and O–H groups in total. The van der Waals surface area contributed by atoms with Crippen molar-refractivity contribution in [1.82, 2.24) is 4.98 Å². The summed E-state index contributed by atoms with van der Waals surface area (Å²) >= 11 is 0. The van der Waals surface area contributed by atoms with Crippen LogP contribution in [0, 0.1) is 0 Å². The summed E-state index contributed by atoms with van der Waals surface area (Å²) in [6, 6.07) is 15.6. The van der Waals surface area contributed by atoms with E-state index in [2.05, 4.69) is 4.98 Å². The fraction of sp³-hybridized carbons (Fsp3) is 0.105. The van der Waals surface area contributed by atoms with Gasteiger partial charge in [-0.2, -0.15) is 0 Å². The van der Waals surface area contributed by atoms with Crippen molar-refractivity contribution in [3.63, 3.8) is 0 Å². The molecule has 3 aromatic rings. The average molecular weight is 304 g/mol. The second-order valence-corrected chi connectivity index (χ2v) is 5.61. The number of hydrogen-bond donors (Lipinski definition) is 2. The molecule has 0 bridgehead atoms. The summed E-state index contributed by atoms with van der Waals surface area (Å²) in [5.74, 6) is 0.483. The molecule has 0 radical (unpaired) electrons. The van der Waals surface area contributed by atoms with Gasteiger partial charge < -0.3 is 0 Å². The van der Waals surface area contributed by atoms with Crippen LogP contribution < -0.4 is 11.1 Å². The van der Waals surface area contributed by atoms with E-state index in [1.807, 2.05) is 48.5 Å². The number of Topliss-reactive ketones (excluding diaryl/α,β-unsaturated/α-hetero) is 1. The van der Waals surface area contributed by atoms with Crippen LogP contribution in [0.2, 0.25) is 0 Å². The van der Waals surface area contributed by atoms with Gasteiger partial charge in [0.15, 0.2) is 0 Å². The van der Waals surface area contributed by atoms with Gasteiger partial charge in [0.05, 0.1) is 5.56 Å². The fourth-order valence-corrected chi connectivity index (χ4v) is 2.61. The zero-order valence-electron chi connectivity index (χ0n) is 12.7. The van der Waals surface area contributed by atoms with Crippen LogP contribution in [0.3, 0.4) is 0 Å². The summed E-state index contributed by atoms with van der Waals surface area (Å²) in [5, 5.41) is 7.74. The summed E-state index contributed by atoms with van der Waals surface area (Å²) < 4.78 is 0. The van der Waals surface area contributed by atoms with Crippen molar-refractivity contribution in [2.75, 3.05) is 0 Å². The number of carbonyl (C=O) groups is 1. The monoisotopic (exact) mass is 304 g/mol. The molecular weight excluding hydrogens is 286 g/mol. The molecule has 0 saturated carbocycles. The highest BCUT2D eigenvalue weighted by Gasteiger charge is 2.07. The maximum atomic E-state index is 12.2. The number of ketones is 1. The largest absolute Gasteiger partial charge is 0.299 e. The Morgan fingerprint density at radius 2 is 1.74 bits per heavy atom. The maximum absolute atomic E-state index is 12.2. The smallest absolute Gasteiger partial charge is 0.270 e. The number of hydrogen-bond acceptors (Lipinski definition) is 2. The highest BCUT2D eigenvalue weighted by molar-refractivity contribution is 5.97. The minimum absolute atomic E-state index is 0.175. The lowest BCUT2D eigenvalue weighted by atomic mass is 9.99. The number of pyridine rings is 1. The third kappa shape index (κ3) is 3.61. The van der Waals surface area contributed by atoms with Crippen LogP contribution in [0.1, 0.15) is 16.7 Å². The third-order valence-corrected chi connectivity index (χ3v) is 3.76. The molecule has 0 fully saturated rings. The first-order valence-corrected chi connectivity index (χ1v) is 7.43. The predicted octanol–water partition coefficient (Wildman–Crippen LogP) is 1.05. The van der Waals surface area contributed by atoms with Crippen LogP contribution in [0.15, 0.2) is 60.9 Å². The standard InChI is InChI=1S/C19H17N3O/c20-19(21)17-6-5-15-8-13(3-4-16(15)11-17)9-18(23)10-14-2-1-7-22-12-14/h1-8,11-12H,9-10H2,(H3,20,21)/p+1. The number of rotatable bonds is 5. The van der Waals surface area contributed by atoms with Crippen LogP contribution in [-0.4, -0.2) is 16.6 Å². The molecule has 4 nitrogen and oxygen atoms in total. The van der Waals surface area contributed by atoms with E-state index in [4.69, 9.17) is 11.1 Å². The van der Waals surface area contributed by atoms with E-state index in [-0.39, 0.29) is 5.78 Å². The van der Waals surface area contributed by atoms with Crippen LogP contribution in [0.5, 0.6) is 0 Å². The van der Waals surface area contributed by atoms with Gasteiger partial charge in [-0.3, -0.25) is 20.9 Å². The van der Waals surface area contributed by atoms with E-state index in [1.165, 1.54) is 0 Å². The Hall–Kier alpha value is -3.01. The Morgan fingerprint density at radius 3 is 2.48 bits per heavy atom. The van der Waals surface area contributed by atoms with Crippen molar-refractivity contribution in [2.24, 2.45) is 5.73 Å². The lowest BCUT2D eigenvalue weighted by Crippen LogP contribution is -2.46. The normalized spacial score (nSPS) is 10.6. The van der Waals surface area contributed by atoms with Crippen LogP contribution in [0.4, 0.5) is 0 Å². The van der Waals surface area contributed by atoms with Crippen LogP contribution in [-0.2, 0) is 17.6 Å². The van der Waals surface area contributed by atoms with Gasteiger partial charge in [-0.15, -0.1) is 0 Å². The summed E-state index contributed by atoms with van der Waals surface area (Å²) in [4.78, 5) is 16.2. The average Bonchev–Trinajstić information content (AvgIpc) is 2.55. The molecule has 23 heavy (non-hydrogen) atoms. The number of fused-ring (bicyclic) bond motifs is 1. The highest BCUT2D eigenvalue weighted by atomic mass is 16.1. The van der Waals surface area contributed by atoms with E-state index >= 15 is 0 Å². The Morgan fingerprint density at radius 1 is 1.00 bits per heavy atom. The molecular formula is C19H18N3O+. The van der Waals surface area contributed by atoms with E-state index in [9.17, 15) is 4.79 Å². The van der Waals surface area contributed by atoms with Gasteiger partial charge in [0.1, 0.15) is 5.78 Å². The fourth-order valence-electron chi connectivity index (χ4n) is 2.61. The minimum Gasteiger partial charge on any atom is -0.299 e. The molecule has 0 amide bonds. The van der Waals surface area contributed by atoms with Crippen molar-refractivity contribution in [1.29, 1.82) is 0 Å². The topological polar surface area (TPSA) is 81.6 Å². The molecule has 0 saturated heterocycles. The number of aromatic nitrogens is 1. The van der Waals surface area contributed by atoms with Gasteiger partial charge >= 0.3 is 0 Å². The summed E-state index contributed by atoms with van der Waals surface area (Å²) in [6.45, 7) is 0. The summed E-state index contributed by atoms with van der Waals surface area (Å²) in [7, 11) is 0. The molecule has 0 unspecified atom stereocenters. The highest BCUT2D eigenvalue weighted by Crippen LogP contribution is 2.18. The van der Waals surface area contributed by atoms with Crippen molar-refractivity contribution in [2.45, 2.75) is 12.8 Å². The molecule has 0 aliphatic heterocycles. The van der Waals surface area contributed by atoms with E-state index in [1.54, 1.807) is 12.4 Å². The number of carbonyl (C=O) groups excluding carboxylic acids is 1. The summed E-state index contributed by atoms with van der Waals surface area (Å²) in [5.41, 5.74) is 8.38. The Kier molecular flexibility index (Phi) is 4.15. The SMILES string of the molecule is NC(=[NH2+])c1ccc2cc(CC(=O)Cc3cccnc3)ccc2c1. The first-order valence-electron chi connectivity index (χ1n) is 7.43. The molecule has 0 aliphatic carbocycles. The Balaban J connectivity index is 1.77. The lowest BCUT2D eigenvalue weighted by molar-refractivity contribution is -0.118. The van der Waals surface area contributed by atoms with Crippen molar-refractivity contribution >= 4 is 22.4 Å². The van der Waals surface area contributed by atoms with Crippen molar-refractivity contribution in [3.05, 3.63) is 77.6 Å². The molecule has 3 rings (SSSR count). The minimum atomic E-state index is 0.175. The Labute approximate surface area is 134 Å². The van der Waals surface area contributed by atoms with E-state index in [0.29, 0.717) is 18.7 Å². The molecule has 114 valence electrons. The van der Waals surface area contributed by atoms with Gasteiger partial charge in [0.2, 0.25) is 0 Å². The molecule has 1 aromatic heterocycles. The lowest BCUT2D eigenvalue weighted by Gasteiger charge is -2.05. The quantitative estimate of drug-likeness (QED) is 0.546.